The van der Waals surface area contributed by atoms with Crippen LogP contribution in [-0.4, -0.2) is 16.1 Å². The number of aliphatic carboxylic acids is 1. The number of aromatic nitrogens is 1. The molecule has 4 nitrogen and oxygen atoms in total. The van der Waals surface area contributed by atoms with Crippen molar-refractivity contribution in [1.82, 2.24) is 4.98 Å². The van der Waals surface area contributed by atoms with Crippen LogP contribution in [0, 0.1) is 0 Å². The lowest BCUT2D eigenvalue weighted by Gasteiger charge is -1.96. The van der Waals surface area contributed by atoms with Crippen LogP contribution in [0.4, 0.5) is 0 Å². The maximum Gasteiger partial charge on any atom is 0.309 e. The summed E-state index contributed by atoms with van der Waals surface area (Å²) in [7, 11) is 0. The van der Waals surface area contributed by atoms with Crippen molar-refractivity contribution in [3.05, 3.63) is 32.7 Å². The number of carboxylic acids is 1. The Hall–Kier alpha value is -1.10. The highest BCUT2D eigenvalue weighted by Gasteiger charge is 2.01. The van der Waals surface area contributed by atoms with Gasteiger partial charge in [0.05, 0.1) is 6.42 Å². The van der Waals surface area contributed by atoms with Gasteiger partial charge in [0, 0.05) is 16.2 Å². The van der Waals surface area contributed by atoms with Crippen molar-refractivity contribution in [1.29, 1.82) is 0 Å². The van der Waals surface area contributed by atoms with Crippen molar-refractivity contribution >= 4 is 21.9 Å². The Kier molecular flexibility index (Phi) is 2.65. The van der Waals surface area contributed by atoms with E-state index < -0.39 is 5.97 Å². The Morgan fingerprint density at radius 3 is 2.75 bits per heavy atom. The van der Waals surface area contributed by atoms with Gasteiger partial charge in [-0.15, -0.1) is 0 Å². The first-order chi connectivity index (χ1) is 5.58. The molecule has 0 aliphatic carbocycles. The Balaban J connectivity index is 3.01. The third-order valence-corrected chi connectivity index (χ3v) is 1.66. The van der Waals surface area contributed by atoms with Gasteiger partial charge in [0.25, 0.3) is 0 Å². The van der Waals surface area contributed by atoms with Gasteiger partial charge < -0.3 is 10.1 Å². The minimum atomic E-state index is -0.969. The predicted molar refractivity (Wildman–Crippen MR) is 46.1 cm³/mol. The van der Waals surface area contributed by atoms with Crippen molar-refractivity contribution in [3.63, 3.8) is 0 Å². The molecule has 0 aromatic carbocycles. The number of rotatable bonds is 2. The van der Waals surface area contributed by atoms with E-state index in [-0.39, 0.29) is 12.0 Å². The number of carboxylic acid groups (broad SMARTS) is 1. The van der Waals surface area contributed by atoms with E-state index in [1.54, 1.807) is 6.07 Å². The second-order valence-corrected chi connectivity index (χ2v) is 3.17. The summed E-state index contributed by atoms with van der Waals surface area (Å²) in [5, 5.41) is 8.41. The molecule has 0 bridgehead atoms. The molecule has 0 spiro atoms. The van der Waals surface area contributed by atoms with Gasteiger partial charge in [-0.2, -0.15) is 0 Å². The molecule has 0 aliphatic rings. The maximum atomic E-state index is 10.8. The number of hydrogen-bond acceptors (Lipinski definition) is 2. The normalized spacial score (nSPS) is 9.75. The first kappa shape index (κ1) is 8.99. The second-order valence-electron chi connectivity index (χ2n) is 2.26. The predicted octanol–water partition coefficient (Wildman–Crippen LogP) is 0.764. The molecule has 0 aliphatic heterocycles. The third-order valence-electron chi connectivity index (χ3n) is 1.21. The standard InChI is InChI=1S/C7H6BrNO3/c8-4-1-5(3-7(11)12)9-6(10)2-4/h1-2H,3H2,(H,9,10)(H,11,12). The van der Waals surface area contributed by atoms with E-state index in [1.165, 1.54) is 6.07 Å². The summed E-state index contributed by atoms with van der Waals surface area (Å²) in [5.41, 5.74) is 0.0856. The Morgan fingerprint density at radius 1 is 1.58 bits per heavy atom. The van der Waals surface area contributed by atoms with Crippen molar-refractivity contribution in [2.75, 3.05) is 0 Å². The molecule has 0 fully saturated rings. The van der Waals surface area contributed by atoms with Crippen molar-refractivity contribution in [3.8, 4) is 0 Å². The molecule has 0 unspecified atom stereocenters. The van der Waals surface area contributed by atoms with Gasteiger partial charge in [0.1, 0.15) is 0 Å². The molecule has 2 N–H and O–H groups in total. The molecule has 0 saturated carbocycles. The lowest BCUT2D eigenvalue weighted by molar-refractivity contribution is -0.136. The lowest BCUT2D eigenvalue weighted by atomic mass is 10.3. The van der Waals surface area contributed by atoms with Crippen LogP contribution in [0.25, 0.3) is 0 Å². The van der Waals surface area contributed by atoms with Gasteiger partial charge in [-0.25, -0.2) is 0 Å². The molecule has 0 amide bonds. The summed E-state index contributed by atoms with van der Waals surface area (Å²) in [6, 6.07) is 2.90. The fraction of sp³-hybridized carbons (Fsp3) is 0.143. The average Bonchev–Trinajstić information content (AvgIpc) is 1.81. The van der Waals surface area contributed by atoms with Crippen LogP contribution in [-0.2, 0) is 11.2 Å². The SMILES string of the molecule is O=C(O)Cc1cc(Br)cc(=O)[nH]1. The molecule has 0 radical (unpaired) electrons. The third kappa shape index (κ3) is 2.50. The number of H-pyrrole nitrogens is 1. The molecule has 12 heavy (non-hydrogen) atoms. The number of carbonyl (C=O) groups is 1. The Bertz CT molecular complexity index is 358. The zero-order valence-electron chi connectivity index (χ0n) is 6.00. The summed E-state index contributed by atoms with van der Waals surface area (Å²) in [4.78, 5) is 23.5. The quantitative estimate of drug-likeness (QED) is 0.790. The highest BCUT2D eigenvalue weighted by atomic mass is 79.9. The fourth-order valence-corrected chi connectivity index (χ4v) is 1.31. The van der Waals surface area contributed by atoms with E-state index in [4.69, 9.17) is 5.11 Å². The van der Waals surface area contributed by atoms with Crippen LogP contribution >= 0.6 is 15.9 Å². The molecule has 64 valence electrons. The van der Waals surface area contributed by atoms with Crippen molar-refractivity contribution in [2.45, 2.75) is 6.42 Å². The number of hydrogen-bond donors (Lipinski definition) is 2. The smallest absolute Gasteiger partial charge is 0.309 e. The molecule has 0 saturated heterocycles. The minimum absolute atomic E-state index is 0.172. The van der Waals surface area contributed by atoms with Crippen molar-refractivity contribution < 1.29 is 9.90 Å². The Morgan fingerprint density at radius 2 is 2.25 bits per heavy atom. The van der Waals surface area contributed by atoms with E-state index in [2.05, 4.69) is 20.9 Å². The molecule has 1 heterocycles. The molecule has 1 rings (SSSR count). The summed E-state index contributed by atoms with van der Waals surface area (Å²) >= 11 is 3.09. The lowest BCUT2D eigenvalue weighted by Crippen LogP contribution is -2.10. The van der Waals surface area contributed by atoms with E-state index in [9.17, 15) is 9.59 Å². The number of pyridine rings is 1. The fourth-order valence-electron chi connectivity index (χ4n) is 0.822. The molecule has 5 heteroatoms. The van der Waals surface area contributed by atoms with Crippen LogP contribution in [0.1, 0.15) is 5.69 Å². The van der Waals surface area contributed by atoms with Gasteiger partial charge in [-0.1, -0.05) is 15.9 Å². The van der Waals surface area contributed by atoms with Gasteiger partial charge in [0.2, 0.25) is 5.56 Å². The van der Waals surface area contributed by atoms with E-state index in [0.29, 0.717) is 10.2 Å². The van der Waals surface area contributed by atoms with Crippen LogP contribution in [0.3, 0.4) is 0 Å². The topological polar surface area (TPSA) is 70.2 Å². The van der Waals surface area contributed by atoms with Gasteiger partial charge >= 0.3 is 5.97 Å². The highest BCUT2D eigenvalue weighted by molar-refractivity contribution is 9.10. The highest BCUT2D eigenvalue weighted by Crippen LogP contribution is 2.06. The van der Waals surface area contributed by atoms with Gasteiger partial charge in [0.15, 0.2) is 0 Å². The van der Waals surface area contributed by atoms with Crippen LogP contribution in [0.5, 0.6) is 0 Å². The summed E-state index contributed by atoms with van der Waals surface area (Å²) in [6.07, 6.45) is -0.172. The number of halogens is 1. The summed E-state index contributed by atoms with van der Waals surface area (Å²) in [6.45, 7) is 0. The molecular weight excluding hydrogens is 226 g/mol. The molecular formula is C7H6BrNO3. The van der Waals surface area contributed by atoms with E-state index in [0.717, 1.165) is 0 Å². The van der Waals surface area contributed by atoms with Gasteiger partial charge in [-0.05, 0) is 6.07 Å². The second kappa shape index (κ2) is 3.53. The molecule has 1 aromatic rings. The Labute approximate surface area is 76.4 Å². The van der Waals surface area contributed by atoms with Crippen LogP contribution < -0.4 is 5.56 Å². The van der Waals surface area contributed by atoms with Crippen LogP contribution in [0.15, 0.2) is 21.4 Å². The van der Waals surface area contributed by atoms with E-state index >= 15 is 0 Å². The first-order valence-electron chi connectivity index (χ1n) is 3.18. The minimum Gasteiger partial charge on any atom is -0.481 e. The summed E-state index contributed by atoms with van der Waals surface area (Å²) < 4.78 is 0.586. The summed E-state index contributed by atoms with van der Waals surface area (Å²) in [5.74, 6) is -0.969. The van der Waals surface area contributed by atoms with Gasteiger partial charge in [-0.3, -0.25) is 9.59 Å². The molecule has 1 aromatic heterocycles. The molecule has 0 atom stereocenters. The zero-order chi connectivity index (χ0) is 9.14. The first-order valence-corrected chi connectivity index (χ1v) is 3.98. The maximum absolute atomic E-state index is 10.8. The van der Waals surface area contributed by atoms with E-state index in [1.807, 2.05) is 0 Å². The number of aromatic amines is 1. The largest absolute Gasteiger partial charge is 0.481 e. The van der Waals surface area contributed by atoms with Crippen molar-refractivity contribution in [2.24, 2.45) is 0 Å². The van der Waals surface area contributed by atoms with Crippen LogP contribution in [0.2, 0.25) is 0 Å². The number of nitrogens with one attached hydrogen (secondary N) is 1. The monoisotopic (exact) mass is 231 g/mol. The average molecular weight is 232 g/mol. The zero-order valence-corrected chi connectivity index (χ0v) is 7.59.